The minimum atomic E-state index is -0.974. The van der Waals surface area contributed by atoms with Gasteiger partial charge < -0.3 is 15.7 Å². The maximum absolute atomic E-state index is 11.8. The number of hydrogen-bond donors (Lipinski definition) is 3. The van der Waals surface area contributed by atoms with Crippen LogP contribution < -0.4 is 10.6 Å². The first-order valence-corrected chi connectivity index (χ1v) is 5.17. The molecule has 1 aliphatic rings. The minimum Gasteiger partial charge on any atom is -0.481 e. The third-order valence-corrected chi connectivity index (χ3v) is 2.70. The number of rotatable bonds is 5. The highest BCUT2D eigenvalue weighted by molar-refractivity contribution is 6.07. The fourth-order valence-corrected chi connectivity index (χ4v) is 1.60. The molecule has 1 unspecified atom stereocenters. The summed E-state index contributed by atoms with van der Waals surface area (Å²) in [6.07, 6.45) is 0.909. The van der Waals surface area contributed by atoms with Crippen molar-refractivity contribution in [3.8, 4) is 0 Å². The molecule has 0 bridgehead atoms. The van der Waals surface area contributed by atoms with Gasteiger partial charge in [0.25, 0.3) is 0 Å². The van der Waals surface area contributed by atoms with Crippen LogP contribution >= 0.6 is 0 Å². The van der Waals surface area contributed by atoms with Crippen LogP contribution in [0.5, 0.6) is 0 Å². The normalized spacial score (nSPS) is 18.4. The smallest absolute Gasteiger partial charge is 0.305 e. The lowest BCUT2D eigenvalue weighted by Crippen LogP contribution is -2.45. The maximum Gasteiger partial charge on any atom is 0.305 e. The van der Waals surface area contributed by atoms with Gasteiger partial charge in [-0.15, -0.1) is 0 Å². The molecule has 90 valence electrons. The average molecular weight is 228 g/mol. The Labute approximate surface area is 93.4 Å². The summed E-state index contributed by atoms with van der Waals surface area (Å²) in [5.41, 5.74) is -0.957. The Morgan fingerprint density at radius 2 is 1.88 bits per heavy atom. The molecule has 1 fully saturated rings. The number of carboxylic acid groups (broad SMARTS) is 1. The van der Waals surface area contributed by atoms with E-state index in [0.717, 1.165) is 0 Å². The first kappa shape index (κ1) is 12.5. The molecule has 0 aromatic carbocycles. The van der Waals surface area contributed by atoms with E-state index in [1.54, 1.807) is 6.92 Å². The Balaban J connectivity index is 2.53. The minimum absolute atomic E-state index is 0.143. The molecule has 0 radical (unpaired) electrons. The monoisotopic (exact) mass is 228 g/mol. The van der Waals surface area contributed by atoms with Gasteiger partial charge in [0, 0.05) is 13.1 Å². The summed E-state index contributed by atoms with van der Waals surface area (Å²) in [6, 6.07) is -0.466. The van der Waals surface area contributed by atoms with Crippen molar-refractivity contribution in [2.75, 3.05) is 7.05 Å². The third kappa shape index (κ3) is 2.50. The predicted octanol–water partition coefficient (Wildman–Crippen LogP) is -0.508. The molecule has 0 aliphatic heterocycles. The molecule has 6 heteroatoms. The van der Waals surface area contributed by atoms with Crippen molar-refractivity contribution in [3.05, 3.63) is 0 Å². The van der Waals surface area contributed by atoms with Gasteiger partial charge in [0.2, 0.25) is 11.8 Å². The second kappa shape index (κ2) is 4.51. The number of nitrogens with one attached hydrogen (secondary N) is 2. The van der Waals surface area contributed by atoms with Gasteiger partial charge in [0.05, 0.1) is 6.42 Å². The topological polar surface area (TPSA) is 95.5 Å². The molecule has 16 heavy (non-hydrogen) atoms. The second-order valence-corrected chi connectivity index (χ2v) is 4.13. The van der Waals surface area contributed by atoms with E-state index in [9.17, 15) is 14.4 Å². The molecule has 0 aromatic heterocycles. The van der Waals surface area contributed by atoms with Crippen LogP contribution in [0.1, 0.15) is 26.2 Å². The molecule has 0 saturated heterocycles. The average Bonchev–Trinajstić information content (AvgIpc) is 2.95. The van der Waals surface area contributed by atoms with Crippen LogP contribution in [0.25, 0.3) is 0 Å². The summed E-state index contributed by atoms with van der Waals surface area (Å²) in [7, 11) is 1.48. The van der Waals surface area contributed by atoms with Crippen molar-refractivity contribution >= 4 is 17.8 Å². The van der Waals surface area contributed by atoms with Gasteiger partial charge in [0.15, 0.2) is 0 Å². The Morgan fingerprint density at radius 1 is 1.31 bits per heavy atom. The molecule has 0 spiro atoms. The fourth-order valence-electron chi connectivity index (χ4n) is 1.60. The summed E-state index contributed by atoms with van der Waals surface area (Å²) in [6.45, 7) is 1.60. The van der Waals surface area contributed by atoms with Crippen molar-refractivity contribution in [3.63, 3.8) is 0 Å². The predicted molar refractivity (Wildman–Crippen MR) is 55.6 cm³/mol. The van der Waals surface area contributed by atoms with E-state index in [0.29, 0.717) is 12.8 Å². The molecule has 1 atom stereocenters. The number of carbonyl (C=O) groups excluding carboxylic acids is 2. The summed E-state index contributed by atoms with van der Waals surface area (Å²) in [4.78, 5) is 33.6. The third-order valence-electron chi connectivity index (χ3n) is 2.70. The molecule has 1 aliphatic carbocycles. The number of aliphatic carboxylic acids is 1. The molecule has 2 amide bonds. The molecule has 0 aromatic rings. The maximum atomic E-state index is 11.8. The highest BCUT2D eigenvalue weighted by atomic mass is 16.4. The molecule has 1 saturated carbocycles. The Hall–Kier alpha value is -1.59. The van der Waals surface area contributed by atoms with E-state index in [1.807, 2.05) is 0 Å². The van der Waals surface area contributed by atoms with Crippen LogP contribution in [-0.4, -0.2) is 36.0 Å². The van der Waals surface area contributed by atoms with Crippen LogP contribution in [0.15, 0.2) is 0 Å². The zero-order chi connectivity index (χ0) is 12.3. The number of amides is 2. The van der Waals surface area contributed by atoms with Gasteiger partial charge in [-0.1, -0.05) is 0 Å². The van der Waals surface area contributed by atoms with Gasteiger partial charge in [0.1, 0.15) is 5.41 Å². The standard InChI is InChI=1S/C10H16N2O4/c1-6(5-7(13)14)12-9(16)10(3-4-10)8(15)11-2/h6H,3-5H2,1-2H3,(H,11,15)(H,12,16)(H,13,14). The van der Waals surface area contributed by atoms with Gasteiger partial charge in [-0.2, -0.15) is 0 Å². The lowest BCUT2D eigenvalue weighted by molar-refractivity contribution is -0.138. The molecular weight excluding hydrogens is 212 g/mol. The summed E-state index contributed by atoms with van der Waals surface area (Å²) in [5, 5.41) is 13.5. The van der Waals surface area contributed by atoms with E-state index < -0.39 is 17.4 Å². The largest absolute Gasteiger partial charge is 0.481 e. The zero-order valence-electron chi connectivity index (χ0n) is 9.37. The molecular formula is C10H16N2O4. The second-order valence-electron chi connectivity index (χ2n) is 4.13. The van der Waals surface area contributed by atoms with Crippen molar-refractivity contribution in [2.24, 2.45) is 5.41 Å². The quantitative estimate of drug-likeness (QED) is 0.552. The van der Waals surface area contributed by atoms with Gasteiger partial charge >= 0.3 is 5.97 Å². The Kier molecular flexibility index (Phi) is 3.51. The van der Waals surface area contributed by atoms with Gasteiger partial charge in [-0.25, -0.2) is 0 Å². The van der Waals surface area contributed by atoms with E-state index in [-0.39, 0.29) is 18.2 Å². The highest BCUT2D eigenvalue weighted by Crippen LogP contribution is 2.46. The van der Waals surface area contributed by atoms with Crippen LogP contribution in [0, 0.1) is 5.41 Å². The first-order valence-electron chi connectivity index (χ1n) is 5.17. The first-order chi connectivity index (χ1) is 7.42. The Bertz CT molecular complexity index is 323. The van der Waals surface area contributed by atoms with Gasteiger partial charge in [-0.3, -0.25) is 14.4 Å². The SMILES string of the molecule is CNC(=O)C1(C(=O)NC(C)CC(=O)O)CC1. The lowest BCUT2D eigenvalue weighted by Gasteiger charge is -2.17. The van der Waals surface area contributed by atoms with Crippen LogP contribution in [0.3, 0.4) is 0 Å². The highest BCUT2D eigenvalue weighted by Gasteiger charge is 2.56. The van der Waals surface area contributed by atoms with E-state index in [4.69, 9.17) is 5.11 Å². The van der Waals surface area contributed by atoms with E-state index >= 15 is 0 Å². The van der Waals surface area contributed by atoms with Gasteiger partial charge in [-0.05, 0) is 19.8 Å². The van der Waals surface area contributed by atoms with E-state index in [1.165, 1.54) is 7.05 Å². The number of carboxylic acids is 1. The van der Waals surface area contributed by atoms with Crippen LogP contribution in [-0.2, 0) is 14.4 Å². The number of hydrogen-bond acceptors (Lipinski definition) is 3. The summed E-state index contributed by atoms with van der Waals surface area (Å²) < 4.78 is 0. The van der Waals surface area contributed by atoms with Crippen molar-refractivity contribution in [1.82, 2.24) is 10.6 Å². The summed E-state index contributed by atoms with van der Waals surface area (Å²) >= 11 is 0. The van der Waals surface area contributed by atoms with E-state index in [2.05, 4.69) is 10.6 Å². The molecule has 6 nitrogen and oxygen atoms in total. The fraction of sp³-hybridized carbons (Fsp3) is 0.700. The number of carbonyl (C=O) groups is 3. The summed E-state index contributed by atoms with van der Waals surface area (Å²) in [5.74, 6) is -1.65. The lowest BCUT2D eigenvalue weighted by atomic mass is 10.0. The molecule has 1 rings (SSSR count). The zero-order valence-corrected chi connectivity index (χ0v) is 9.37. The van der Waals surface area contributed by atoms with Crippen molar-refractivity contribution < 1.29 is 19.5 Å². The van der Waals surface area contributed by atoms with Crippen molar-refractivity contribution in [2.45, 2.75) is 32.2 Å². The Morgan fingerprint density at radius 3 is 2.25 bits per heavy atom. The molecule has 0 heterocycles. The van der Waals surface area contributed by atoms with Crippen LogP contribution in [0.4, 0.5) is 0 Å². The molecule has 3 N–H and O–H groups in total. The van der Waals surface area contributed by atoms with Crippen LogP contribution in [0.2, 0.25) is 0 Å². The van der Waals surface area contributed by atoms with Crippen molar-refractivity contribution in [1.29, 1.82) is 0 Å².